The summed E-state index contributed by atoms with van der Waals surface area (Å²) in [6.07, 6.45) is 1.09. The zero-order valence-corrected chi connectivity index (χ0v) is 7.89. The normalized spacial score (nSPS) is 24.1. The number of aryl methyl sites for hydroxylation is 1. The van der Waals surface area contributed by atoms with E-state index in [-0.39, 0.29) is 5.78 Å². The number of benzene rings is 1. The highest BCUT2D eigenvalue weighted by Gasteiger charge is 2.26. The fourth-order valence-electron chi connectivity index (χ4n) is 2.43. The maximum Gasteiger partial charge on any atom is 0.163 e. The van der Waals surface area contributed by atoms with Gasteiger partial charge in [0.15, 0.2) is 5.78 Å². The first-order valence-electron chi connectivity index (χ1n) is 5.98. The SMILES string of the molecule is [2H]C1([2H])CCc2c1cc1c(c2N)CCC1=O. The van der Waals surface area contributed by atoms with Crippen molar-refractivity contribution in [3.05, 3.63) is 28.3 Å². The maximum absolute atomic E-state index is 11.7. The molecule has 0 unspecified atom stereocenters. The van der Waals surface area contributed by atoms with Crippen LogP contribution in [-0.2, 0) is 19.2 Å². The Morgan fingerprint density at radius 3 is 3.00 bits per heavy atom. The zero-order chi connectivity index (χ0) is 11.5. The average molecular weight is 189 g/mol. The van der Waals surface area contributed by atoms with Crippen LogP contribution in [0.5, 0.6) is 0 Å². The maximum atomic E-state index is 11.7. The van der Waals surface area contributed by atoms with Gasteiger partial charge in [-0.25, -0.2) is 0 Å². The Morgan fingerprint density at radius 2 is 2.14 bits per heavy atom. The lowest BCUT2D eigenvalue weighted by Gasteiger charge is -2.09. The van der Waals surface area contributed by atoms with Gasteiger partial charge >= 0.3 is 0 Å². The largest absolute Gasteiger partial charge is 0.398 e. The monoisotopic (exact) mass is 189 g/mol. The minimum atomic E-state index is -1.32. The van der Waals surface area contributed by atoms with Crippen LogP contribution in [0.3, 0.4) is 0 Å². The van der Waals surface area contributed by atoms with E-state index < -0.39 is 6.37 Å². The van der Waals surface area contributed by atoms with E-state index in [4.69, 9.17) is 8.48 Å². The molecule has 2 nitrogen and oxygen atoms in total. The van der Waals surface area contributed by atoms with Crippen molar-refractivity contribution >= 4 is 11.5 Å². The fourth-order valence-corrected chi connectivity index (χ4v) is 2.43. The van der Waals surface area contributed by atoms with Crippen LogP contribution in [0, 0.1) is 0 Å². The average Bonchev–Trinajstić information content (AvgIpc) is 2.72. The van der Waals surface area contributed by atoms with Crippen LogP contribution in [0.1, 0.15) is 42.6 Å². The lowest BCUT2D eigenvalue weighted by atomic mass is 9.99. The third-order valence-corrected chi connectivity index (χ3v) is 3.18. The second-order valence-electron chi connectivity index (χ2n) is 3.94. The number of hydrogen-bond donors (Lipinski definition) is 1. The molecule has 3 rings (SSSR count). The Morgan fingerprint density at radius 1 is 1.29 bits per heavy atom. The lowest BCUT2D eigenvalue weighted by Crippen LogP contribution is -2.01. The summed E-state index contributed by atoms with van der Waals surface area (Å²) >= 11 is 0. The molecular formula is C12H13NO. The van der Waals surface area contributed by atoms with Gasteiger partial charge in [-0.05, 0) is 48.4 Å². The topological polar surface area (TPSA) is 43.1 Å². The van der Waals surface area contributed by atoms with E-state index in [0.29, 0.717) is 36.1 Å². The molecule has 2 aliphatic rings. The minimum absolute atomic E-state index is 0.104. The summed E-state index contributed by atoms with van der Waals surface area (Å²) in [5.74, 6) is 0.104. The van der Waals surface area contributed by atoms with E-state index in [2.05, 4.69) is 0 Å². The molecule has 14 heavy (non-hydrogen) atoms. The first-order chi connectivity index (χ1) is 7.50. The molecule has 72 valence electrons. The molecule has 0 bridgehead atoms. The van der Waals surface area contributed by atoms with Gasteiger partial charge in [0.25, 0.3) is 0 Å². The van der Waals surface area contributed by atoms with Gasteiger partial charge in [0, 0.05) is 20.4 Å². The van der Waals surface area contributed by atoms with Crippen molar-refractivity contribution in [3.8, 4) is 0 Å². The van der Waals surface area contributed by atoms with E-state index in [9.17, 15) is 4.79 Å². The molecule has 0 amide bonds. The number of anilines is 1. The van der Waals surface area contributed by atoms with Crippen LogP contribution in [0.2, 0.25) is 0 Å². The number of nitrogens with two attached hydrogens (primary N) is 1. The van der Waals surface area contributed by atoms with Gasteiger partial charge in [-0.3, -0.25) is 4.79 Å². The van der Waals surface area contributed by atoms with Gasteiger partial charge < -0.3 is 5.73 Å². The van der Waals surface area contributed by atoms with Crippen LogP contribution >= 0.6 is 0 Å². The Labute approximate surface area is 85.9 Å². The number of carbonyl (C=O) groups excluding carboxylic acids is 1. The quantitative estimate of drug-likeness (QED) is 0.633. The van der Waals surface area contributed by atoms with Crippen molar-refractivity contribution < 1.29 is 7.54 Å². The zero-order valence-electron chi connectivity index (χ0n) is 9.89. The van der Waals surface area contributed by atoms with Crippen molar-refractivity contribution in [1.29, 1.82) is 0 Å². The van der Waals surface area contributed by atoms with E-state index in [1.807, 2.05) is 0 Å². The van der Waals surface area contributed by atoms with Crippen LogP contribution in [0.4, 0.5) is 5.69 Å². The predicted octanol–water partition coefficient (Wildman–Crippen LogP) is 1.89. The standard InChI is InChI=1S/C12H13NO/c13-12-8-3-1-2-7(8)6-10-9(12)4-5-11(10)14/h6H,1-5,13H2/i2D2. The van der Waals surface area contributed by atoms with Gasteiger partial charge in [0.05, 0.1) is 0 Å². The summed E-state index contributed by atoms with van der Waals surface area (Å²) in [7, 11) is 0. The summed E-state index contributed by atoms with van der Waals surface area (Å²) in [6.45, 7) is 0. The van der Waals surface area contributed by atoms with Gasteiger partial charge in [-0.1, -0.05) is 0 Å². The summed E-state index contributed by atoms with van der Waals surface area (Å²) in [5.41, 5.74) is 9.88. The van der Waals surface area contributed by atoms with E-state index in [1.54, 1.807) is 6.07 Å². The molecule has 1 aromatic rings. The fraction of sp³-hybridized carbons (Fsp3) is 0.417. The van der Waals surface area contributed by atoms with Crippen molar-refractivity contribution in [2.45, 2.75) is 32.1 Å². The Kier molecular flexibility index (Phi) is 1.15. The van der Waals surface area contributed by atoms with Crippen molar-refractivity contribution in [2.24, 2.45) is 0 Å². The van der Waals surface area contributed by atoms with Gasteiger partial charge in [-0.2, -0.15) is 0 Å². The molecule has 2 aliphatic carbocycles. The molecule has 0 fully saturated rings. The molecule has 0 aliphatic heterocycles. The number of nitrogen functional groups attached to an aromatic ring is 1. The predicted molar refractivity (Wildman–Crippen MR) is 55.5 cm³/mol. The van der Waals surface area contributed by atoms with Crippen LogP contribution in [0.15, 0.2) is 6.07 Å². The van der Waals surface area contributed by atoms with Gasteiger partial charge in [0.2, 0.25) is 0 Å². The number of Topliss-reactive ketones (excluding diaryl/α,β-unsaturated/α-hetero) is 1. The van der Waals surface area contributed by atoms with Crippen molar-refractivity contribution in [3.63, 3.8) is 0 Å². The molecule has 1 aromatic carbocycles. The Balaban J connectivity index is 2.30. The number of hydrogen-bond acceptors (Lipinski definition) is 2. The Hall–Kier alpha value is -1.31. The number of ketones is 1. The van der Waals surface area contributed by atoms with E-state index >= 15 is 0 Å². The lowest BCUT2D eigenvalue weighted by molar-refractivity contribution is 0.0994. The highest BCUT2D eigenvalue weighted by molar-refractivity contribution is 6.02. The number of rotatable bonds is 0. The van der Waals surface area contributed by atoms with Gasteiger partial charge in [0.1, 0.15) is 0 Å². The molecule has 0 saturated carbocycles. The van der Waals surface area contributed by atoms with Crippen LogP contribution in [-0.4, -0.2) is 5.78 Å². The van der Waals surface area contributed by atoms with Crippen molar-refractivity contribution in [2.75, 3.05) is 5.73 Å². The highest BCUT2D eigenvalue weighted by Crippen LogP contribution is 2.36. The van der Waals surface area contributed by atoms with Crippen LogP contribution in [0.25, 0.3) is 0 Å². The first-order valence-corrected chi connectivity index (χ1v) is 4.98. The number of fused-ring (bicyclic) bond motifs is 2. The number of carbonyl (C=O) groups is 1. The molecule has 0 aromatic heterocycles. The first kappa shape index (κ1) is 6.23. The molecule has 0 spiro atoms. The molecular weight excluding hydrogens is 174 g/mol. The summed E-state index contributed by atoms with van der Waals surface area (Å²) in [5, 5.41) is 0. The highest BCUT2D eigenvalue weighted by atomic mass is 16.1. The summed E-state index contributed by atoms with van der Waals surface area (Å²) in [4.78, 5) is 11.7. The summed E-state index contributed by atoms with van der Waals surface area (Å²) in [6, 6.07) is 1.74. The van der Waals surface area contributed by atoms with E-state index in [0.717, 1.165) is 17.5 Å². The van der Waals surface area contributed by atoms with Gasteiger partial charge in [-0.15, -0.1) is 0 Å². The van der Waals surface area contributed by atoms with Crippen molar-refractivity contribution in [1.82, 2.24) is 0 Å². The Bertz CT molecular complexity index is 508. The third kappa shape index (κ3) is 0.884. The third-order valence-electron chi connectivity index (χ3n) is 3.18. The molecule has 2 heteroatoms. The molecule has 0 saturated heterocycles. The molecule has 0 heterocycles. The van der Waals surface area contributed by atoms with E-state index in [1.165, 1.54) is 0 Å². The smallest absolute Gasteiger partial charge is 0.163 e. The second kappa shape index (κ2) is 2.59. The van der Waals surface area contributed by atoms with Crippen LogP contribution < -0.4 is 5.73 Å². The molecule has 0 atom stereocenters. The summed E-state index contributed by atoms with van der Waals surface area (Å²) < 4.78 is 15.8. The minimum Gasteiger partial charge on any atom is -0.398 e. The molecule has 0 radical (unpaired) electrons. The molecule has 2 N–H and O–H groups in total. The second-order valence-corrected chi connectivity index (χ2v) is 3.94.